The van der Waals surface area contributed by atoms with Crippen LogP contribution in [0.3, 0.4) is 0 Å². The number of aromatic nitrogens is 2. The minimum absolute atomic E-state index is 0.141. The van der Waals surface area contributed by atoms with Crippen molar-refractivity contribution in [3.8, 4) is 5.75 Å². The van der Waals surface area contributed by atoms with Crippen LogP contribution in [-0.2, 0) is 4.79 Å². The molecule has 2 amide bonds. The maximum atomic E-state index is 13.7. The van der Waals surface area contributed by atoms with Crippen molar-refractivity contribution in [2.24, 2.45) is 5.41 Å². The van der Waals surface area contributed by atoms with E-state index in [0.717, 1.165) is 0 Å². The summed E-state index contributed by atoms with van der Waals surface area (Å²) in [7, 11) is 4.66. The molecule has 11 heteroatoms. The van der Waals surface area contributed by atoms with E-state index in [4.69, 9.17) is 4.74 Å². The first-order valence-corrected chi connectivity index (χ1v) is 10.9. The zero-order chi connectivity index (χ0) is 24.8. The molecular formula is C23H28F2N6O3. The minimum atomic E-state index is -2.72. The quantitative estimate of drug-likeness (QED) is 0.687. The summed E-state index contributed by atoms with van der Waals surface area (Å²) in [6, 6.07) is 4.45. The molecule has 0 atom stereocenters. The SMILES string of the molecule is CNC(=O)c1ccc(Nc2ncc3c(n2)N(C2CC(F)(F)C2)CC(C)(C)C(=O)N3C)c(OC)c1. The van der Waals surface area contributed by atoms with Gasteiger partial charge in [-0.2, -0.15) is 4.98 Å². The topological polar surface area (TPSA) is 99.7 Å². The van der Waals surface area contributed by atoms with Crippen LogP contribution in [0, 0.1) is 5.41 Å². The van der Waals surface area contributed by atoms with Crippen molar-refractivity contribution in [3.05, 3.63) is 30.0 Å². The maximum absolute atomic E-state index is 13.7. The van der Waals surface area contributed by atoms with Crippen molar-refractivity contribution in [2.45, 2.75) is 38.7 Å². The van der Waals surface area contributed by atoms with Crippen LogP contribution in [0.5, 0.6) is 5.75 Å². The van der Waals surface area contributed by atoms with Crippen LogP contribution in [-0.4, -0.2) is 61.5 Å². The first kappa shape index (κ1) is 23.7. The van der Waals surface area contributed by atoms with E-state index < -0.39 is 17.4 Å². The number of carbonyl (C=O) groups is 2. The Morgan fingerprint density at radius 1 is 1.26 bits per heavy atom. The Hall–Kier alpha value is -3.50. The predicted molar refractivity (Wildman–Crippen MR) is 124 cm³/mol. The van der Waals surface area contributed by atoms with Gasteiger partial charge in [-0.1, -0.05) is 0 Å². The molecule has 0 unspecified atom stereocenters. The number of hydrogen-bond acceptors (Lipinski definition) is 7. The zero-order valence-corrected chi connectivity index (χ0v) is 19.8. The van der Waals surface area contributed by atoms with E-state index in [-0.39, 0.29) is 37.1 Å². The molecule has 9 nitrogen and oxygen atoms in total. The molecule has 1 saturated carbocycles. The van der Waals surface area contributed by atoms with Crippen LogP contribution < -0.4 is 25.2 Å². The lowest BCUT2D eigenvalue weighted by atomic mass is 9.84. The maximum Gasteiger partial charge on any atom is 0.252 e. The van der Waals surface area contributed by atoms with Gasteiger partial charge in [0.2, 0.25) is 11.9 Å². The Morgan fingerprint density at radius 3 is 2.59 bits per heavy atom. The molecule has 0 bridgehead atoms. The number of carbonyl (C=O) groups excluding carboxylic acids is 2. The molecule has 0 spiro atoms. The number of halogens is 2. The second-order valence-corrected chi connectivity index (χ2v) is 9.32. The Balaban J connectivity index is 1.71. The molecule has 182 valence electrons. The first-order chi connectivity index (χ1) is 16.0. The van der Waals surface area contributed by atoms with Crippen molar-refractivity contribution < 1.29 is 23.1 Å². The van der Waals surface area contributed by atoms with Gasteiger partial charge in [0.05, 0.1) is 24.4 Å². The molecule has 4 rings (SSSR count). The summed E-state index contributed by atoms with van der Waals surface area (Å²) < 4.78 is 32.9. The van der Waals surface area contributed by atoms with Crippen molar-refractivity contribution >= 4 is 35.0 Å². The number of nitrogens with zero attached hydrogens (tertiary/aromatic N) is 4. The summed E-state index contributed by atoms with van der Waals surface area (Å²) in [5.41, 5.74) is 0.605. The highest BCUT2D eigenvalue weighted by Gasteiger charge is 2.51. The summed E-state index contributed by atoms with van der Waals surface area (Å²) in [6.07, 6.45) is 0.934. The highest BCUT2D eigenvalue weighted by Crippen LogP contribution is 2.46. The average Bonchev–Trinajstić information content (AvgIpc) is 2.86. The number of hydrogen-bond donors (Lipinski definition) is 2. The number of methoxy groups -OCH3 is 1. The third-order valence-corrected chi connectivity index (χ3v) is 6.28. The molecule has 2 aliphatic rings. The highest BCUT2D eigenvalue weighted by molar-refractivity contribution is 6.01. The monoisotopic (exact) mass is 474 g/mol. The second kappa shape index (κ2) is 8.37. The van der Waals surface area contributed by atoms with E-state index in [1.165, 1.54) is 25.3 Å². The van der Waals surface area contributed by atoms with Gasteiger partial charge in [-0.3, -0.25) is 9.59 Å². The summed E-state index contributed by atoms with van der Waals surface area (Å²) in [5, 5.41) is 5.64. The van der Waals surface area contributed by atoms with E-state index in [0.29, 0.717) is 28.5 Å². The van der Waals surface area contributed by atoms with Crippen LogP contribution in [0.4, 0.5) is 31.9 Å². The standard InChI is InChI=1S/C23H28F2N6O3/c1-22(2)12-31(14-9-23(24,25)10-14)18-16(30(4)20(22)33)11-27-21(29-18)28-15-7-6-13(19(32)26-3)8-17(15)34-5/h6-8,11,14H,9-10,12H2,1-5H3,(H,26,32)(H,27,28,29). The van der Waals surface area contributed by atoms with Crippen LogP contribution in [0.15, 0.2) is 24.4 Å². The van der Waals surface area contributed by atoms with Gasteiger partial charge in [-0.05, 0) is 32.0 Å². The third kappa shape index (κ3) is 4.22. The number of amides is 2. The lowest BCUT2D eigenvalue weighted by Crippen LogP contribution is -2.54. The molecule has 2 N–H and O–H groups in total. The highest BCUT2D eigenvalue weighted by atomic mass is 19.3. The lowest BCUT2D eigenvalue weighted by Gasteiger charge is -2.44. The van der Waals surface area contributed by atoms with Gasteiger partial charge in [0.15, 0.2) is 5.82 Å². The number of rotatable bonds is 5. The zero-order valence-electron chi connectivity index (χ0n) is 19.8. The molecule has 1 aromatic carbocycles. The summed E-state index contributed by atoms with van der Waals surface area (Å²) in [5.74, 6) is -2.08. The molecule has 1 fully saturated rings. The van der Waals surface area contributed by atoms with E-state index in [2.05, 4.69) is 20.6 Å². The Bertz CT molecular complexity index is 1130. The predicted octanol–water partition coefficient (Wildman–Crippen LogP) is 3.20. The van der Waals surface area contributed by atoms with E-state index in [9.17, 15) is 18.4 Å². The number of fused-ring (bicyclic) bond motifs is 1. The number of alkyl halides is 2. The molecule has 34 heavy (non-hydrogen) atoms. The first-order valence-electron chi connectivity index (χ1n) is 10.9. The van der Waals surface area contributed by atoms with Crippen LogP contribution in [0.25, 0.3) is 0 Å². The van der Waals surface area contributed by atoms with Gasteiger partial charge in [-0.25, -0.2) is 13.8 Å². The van der Waals surface area contributed by atoms with E-state index in [1.54, 1.807) is 44.0 Å². The minimum Gasteiger partial charge on any atom is -0.495 e. The van der Waals surface area contributed by atoms with Gasteiger partial charge in [0.1, 0.15) is 11.4 Å². The molecule has 1 aliphatic carbocycles. The van der Waals surface area contributed by atoms with Gasteiger partial charge >= 0.3 is 0 Å². The molecule has 1 aliphatic heterocycles. The number of anilines is 4. The molecule has 2 aromatic rings. The third-order valence-electron chi connectivity index (χ3n) is 6.28. The van der Waals surface area contributed by atoms with Crippen molar-refractivity contribution in [1.82, 2.24) is 15.3 Å². The fraction of sp³-hybridized carbons (Fsp3) is 0.478. The number of nitrogens with one attached hydrogen (secondary N) is 2. The van der Waals surface area contributed by atoms with Crippen LogP contribution in [0.2, 0.25) is 0 Å². The van der Waals surface area contributed by atoms with Gasteiger partial charge in [-0.15, -0.1) is 0 Å². The molecular weight excluding hydrogens is 446 g/mol. The largest absolute Gasteiger partial charge is 0.495 e. The Morgan fingerprint density at radius 2 is 1.97 bits per heavy atom. The summed E-state index contributed by atoms with van der Waals surface area (Å²) in [6.45, 7) is 3.85. The van der Waals surface area contributed by atoms with E-state index >= 15 is 0 Å². The van der Waals surface area contributed by atoms with E-state index in [1.807, 2.05) is 0 Å². The lowest BCUT2D eigenvalue weighted by molar-refractivity contribution is -0.126. The summed E-state index contributed by atoms with van der Waals surface area (Å²) in [4.78, 5) is 37.2. The van der Waals surface area contributed by atoms with Crippen molar-refractivity contribution in [2.75, 3.05) is 42.9 Å². The average molecular weight is 475 g/mol. The summed E-state index contributed by atoms with van der Waals surface area (Å²) >= 11 is 0. The van der Waals surface area contributed by atoms with Gasteiger partial charge in [0.25, 0.3) is 11.8 Å². The van der Waals surface area contributed by atoms with Crippen LogP contribution in [0.1, 0.15) is 37.0 Å². The van der Waals surface area contributed by atoms with Crippen LogP contribution >= 0.6 is 0 Å². The Labute approximate surface area is 196 Å². The van der Waals surface area contributed by atoms with Gasteiger partial charge < -0.3 is 25.2 Å². The van der Waals surface area contributed by atoms with Crippen molar-refractivity contribution in [1.29, 1.82) is 0 Å². The van der Waals surface area contributed by atoms with Gasteiger partial charge in [0, 0.05) is 45.1 Å². The molecule has 2 heterocycles. The fourth-order valence-corrected chi connectivity index (χ4v) is 4.36. The second-order valence-electron chi connectivity index (χ2n) is 9.32. The van der Waals surface area contributed by atoms with Crippen molar-refractivity contribution in [3.63, 3.8) is 0 Å². The smallest absolute Gasteiger partial charge is 0.252 e. The number of ether oxygens (including phenoxy) is 1. The molecule has 0 radical (unpaired) electrons. The fourth-order valence-electron chi connectivity index (χ4n) is 4.36. The molecule has 0 saturated heterocycles. The number of benzene rings is 1. The Kier molecular flexibility index (Phi) is 5.82. The normalized spacial score (nSPS) is 19.1. The molecule has 1 aromatic heterocycles.